The highest BCUT2D eigenvalue weighted by atomic mass is 79.9. The van der Waals surface area contributed by atoms with Crippen LogP contribution in [0.25, 0.3) is 0 Å². The Morgan fingerprint density at radius 2 is 1.82 bits per heavy atom. The van der Waals surface area contributed by atoms with Gasteiger partial charge in [0.1, 0.15) is 10.8 Å². The molecule has 0 saturated heterocycles. The van der Waals surface area contributed by atoms with Gasteiger partial charge in [0.2, 0.25) is 0 Å². The molecule has 4 rings (SSSR count). The van der Waals surface area contributed by atoms with Crippen LogP contribution < -0.4 is 15.5 Å². The Morgan fingerprint density at radius 1 is 1.08 bits per heavy atom. The van der Waals surface area contributed by atoms with Crippen LogP contribution in [-0.4, -0.2) is 36.6 Å². The number of hydrazone groups is 1. The Kier molecular flexibility index (Phi) is 9.26. The second-order valence-corrected chi connectivity index (χ2v) is 10.8. The van der Waals surface area contributed by atoms with E-state index in [1.54, 1.807) is 55.5 Å². The van der Waals surface area contributed by atoms with Gasteiger partial charge < -0.3 is 14.8 Å². The molecule has 0 spiro atoms. The molecule has 0 aliphatic heterocycles. The van der Waals surface area contributed by atoms with Gasteiger partial charge >= 0.3 is 23.8 Å². The SMILES string of the molecule is CCOC(=O)c1c(NC(=O)C(=O)NN=Cc2ccc(OC(=O)c3ccccc3Br)cc2)sc2c1CCC(C)C2. The fraction of sp³-hybridized carbons (Fsp3) is 0.250. The maximum Gasteiger partial charge on any atom is 0.344 e. The lowest BCUT2D eigenvalue weighted by Gasteiger charge is -2.18. The zero-order valence-electron chi connectivity index (χ0n) is 21.3. The molecular weight excluding hydrogens is 586 g/mol. The number of hydrogen-bond donors (Lipinski definition) is 2. The molecule has 1 aliphatic rings. The van der Waals surface area contributed by atoms with Gasteiger partial charge in [-0.15, -0.1) is 11.3 Å². The summed E-state index contributed by atoms with van der Waals surface area (Å²) < 4.78 is 11.2. The molecule has 0 fully saturated rings. The van der Waals surface area contributed by atoms with Crippen LogP contribution in [0.1, 0.15) is 57.0 Å². The lowest BCUT2D eigenvalue weighted by atomic mass is 9.88. The zero-order valence-corrected chi connectivity index (χ0v) is 23.7. The molecule has 39 heavy (non-hydrogen) atoms. The van der Waals surface area contributed by atoms with Crippen molar-refractivity contribution in [1.29, 1.82) is 0 Å². The van der Waals surface area contributed by atoms with Crippen LogP contribution in [0.3, 0.4) is 0 Å². The van der Waals surface area contributed by atoms with Crippen LogP contribution in [0, 0.1) is 5.92 Å². The van der Waals surface area contributed by atoms with Crippen LogP contribution in [0.15, 0.2) is 58.1 Å². The van der Waals surface area contributed by atoms with Gasteiger partial charge in [-0.05, 0) is 95.6 Å². The highest BCUT2D eigenvalue weighted by Crippen LogP contribution is 2.40. The molecule has 1 aromatic heterocycles. The first kappa shape index (κ1) is 28.2. The van der Waals surface area contributed by atoms with Crippen LogP contribution in [0.4, 0.5) is 5.00 Å². The van der Waals surface area contributed by atoms with E-state index >= 15 is 0 Å². The minimum Gasteiger partial charge on any atom is -0.462 e. The van der Waals surface area contributed by atoms with E-state index in [1.165, 1.54) is 17.6 Å². The van der Waals surface area contributed by atoms with E-state index in [-0.39, 0.29) is 6.61 Å². The van der Waals surface area contributed by atoms with Gasteiger partial charge in [-0.25, -0.2) is 15.0 Å². The van der Waals surface area contributed by atoms with Crippen LogP contribution in [-0.2, 0) is 27.2 Å². The average Bonchev–Trinajstić information content (AvgIpc) is 3.26. The molecule has 0 radical (unpaired) electrons. The number of nitrogens with zero attached hydrogens (tertiary/aromatic N) is 1. The van der Waals surface area contributed by atoms with Gasteiger partial charge in [0.25, 0.3) is 0 Å². The molecule has 9 nitrogen and oxygen atoms in total. The highest BCUT2D eigenvalue weighted by molar-refractivity contribution is 9.10. The van der Waals surface area contributed by atoms with Crippen molar-refractivity contribution in [3.63, 3.8) is 0 Å². The summed E-state index contributed by atoms with van der Waals surface area (Å²) in [7, 11) is 0. The molecule has 202 valence electrons. The predicted molar refractivity (Wildman–Crippen MR) is 151 cm³/mol. The topological polar surface area (TPSA) is 123 Å². The van der Waals surface area contributed by atoms with Crippen molar-refractivity contribution >= 4 is 62.2 Å². The maximum absolute atomic E-state index is 12.6. The third kappa shape index (κ3) is 6.98. The lowest BCUT2D eigenvalue weighted by molar-refractivity contribution is -0.136. The third-order valence-electron chi connectivity index (χ3n) is 5.99. The van der Waals surface area contributed by atoms with E-state index < -0.39 is 23.8 Å². The van der Waals surface area contributed by atoms with Crippen molar-refractivity contribution in [2.75, 3.05) is 11.9 Å². The summed E-state index contributed by atoms with van der Waals surface area (Å²) in [5, 5.41) is 6.69. The van der Waals surface area contributed by atoms with Gasteiger partial charge in [0, 0.05) is 9.35 Å². The van der Waals surface area contributed by atoms with Gasteiger partial charge in [-0.2, -0.15) is 5.10 Å². The number of ether oxygens (including phenoxy) is 2. The average molecular weight is 613 g/mol. The summed E-state index contributed by atoms with van der Waals surface area (Å²) in [4.78, 5) is 50.9. The quantitative estimate of drug-likeness (QED) is 0.126. The number of nitrogens with one attached hydrogen (secondary N) is 2. The number of anilines is 1. The number of rotatable bonds is 7. The second-order valence-electron chi connectivity index (χ2n) is 8.87. The fourth-order valence-corrected chi connectivity index (χ4v) is 5.89. The van der Waals surface area contributed by atoms with E-state index in [4.69, 9.17) is 9.47 Å². The van der Waals surface area contributed by atoms with Crippen molar-refractivity contribution in [1.82, 2.24) is 5.43 Å². The minimum absolute atomic E-state index is 0.205. The smallest absolute Gasteiger partial charge is 0.344 e. The number of halogens is 1. The third-order valence-corrected chi connectivity index (χ3v) is 7.85. The van der Waals surface area contributed by atoms with Gasteiger partial charge in [0.15, 0.2) is 0 Å². The molecule has 11 heteroatoms. The number of amides is 2. The number of benzene rings is 2. The maximum atomic E-state index is 12.6. The minimum atomic E-state index is -0.986. The number of carbonyl (C=O) groups excluding carboxylic acids is 4. The summed E-state index contributed by atoms with van der Waals surface area (Å²) in [6.45, 7) is 4.06. The van der Waals surface area contributed by atoms with E-state index in [9.17, 15) is 19.2 Å². The molecule has 2 aromatic carbocycles. The molecule has 1 atom stereocenters. The van der Waals surface area contributed by atoms with E-state index in [1.807, 2.05) is 0 Å². The highest BCUT2D eigenvalue weighted by Gasteiger charge is 2.30. The van der Waals surface area contributed by atoms with E-state index in [0.717, 1.165) is 29.7 Å². The van der Waals surface area contributed by atoms with Gasteiger partial charge in [0.05, 0.1) is 23.9 Å². The molecule has 1 heterocycles. The van der Waals surface area contributed by atoms with Crippen molar-refractivity contribution in [3.8, 4) is 5.75 Å². The van der Waals surface area contributed by atoms with Crippen LogP contribution in [0.2, 0.25) is 0 Å². The van der Waals surface area contributed by atoms with Gasteiger partial charge in [-0.3, -0.25) is 9.59 Å². The number of carbonyl (C=O) groups is 4. The summed E-state index contributed by atoms with van der Waals surface area (Å²) in [5.74, 6) is -2.14. The summed E-state index contributed by atoms with van der Waals surface area (Å²) in [6.07, 6.45) is 3.81. The van der Waals surface area contributed by atoms with Crippen molar-refractivity contribution in [2.45, 2.75) is 33.1 Å². The van der Waals surface area contributed by atoms with E-state index in [0.29, 0.717) is 37.8 Å². The van der Waals surface area contributed by atoms with Crippen molar-refractivity contribution < 1.29 is 28.7 Å². The van der Waals surface area contributed by atoms with Gasteiger partial charge in [-0.1, -0.05) is 19.1 Å². The number of hydrogen-bond acceptors (Lipinski definition) is 8. The monoisotopic (exact) mass is 611 g/mol. The molecule has 3 aromatic rings. The molecule has 2 N–H and O–H groups in total. The molecule has 0 bridgehead atoms. The summed E-state index contributed by atoms with van der Waals surface area (Å²) in [6, 6.07) is 13.4. The standard InChI is InChI=1S/C28H26BrN3O6S/c1-3-37-28(36)23-20-13-8-16(2)14-22(20)39-26(23)31-24(33)25(34)32-30-15-17-9-11-18(12-10-17)38-27(35)19-6-4-5-7-21(19)29/h4-7,9-12,15-16H,3,8,13-14H2,1-2H3,(H,31,33)(H,32,34). The molecular formula is C28H26BrN3O6S. The van der Waals surface area contributed by atoms with Crippen molar-refractivity contribution in [2.24, 2.45) is 11.0 Å². The Labute approximate surface area is 237 Å². The number of esters is 2. The first-order valence-corrected chi connectivity index (χ1v) is 13.9. The number of thiophene rings is 1. The second kappa shape index (κ2) is 12.8. The lowest BCUT2D eigenvalue weighted by Crippen LogP contribution is -2.32. The summed E-state index contributed by atoms with van der Waals surface area (Å²) in [5.41, 5.74) is 4.39. The Balaban J connectivity index is 1.35. The first-order chi connectivity index (χ1) is 18.8. The number of fused-ring (bicyclic) bond motifs is 1. The predicted octanol–water partition coefficient (Wildman–Crippen LogP) is 5.12. The Morgan fingerprint density at radius 3 is 2.54 bits per heavy atom. The van der Waals surface area contributed by atoms with Crippen molar-refractivity contribution in [3.05, 3.63) is 80.1 Å². The Hall–Kier alpha value is -3.83. The molecule has 2 amide bonds. The molecule has 1 aliphatic carbocycles. The van der Waals surface area contributed by atoms with Crippen LogP contribution >= 0.6 is 27.3 Å². The Bertz CT molecular complexity index is 1430. The normalized spacial score (nSPS) is 14.4. The molecule has 1 unspecified atom stereocenters. The molecule has 0 saturated carbocycles. The zero-order chi connectivity index (χ0) is 27.9. The fourth-order valence-electron chi connectivity index (χ4n) is 4.04. The first-order valence-electron chi connectivity index (χ1n) is 12.3. The summed E-state index contributed by atoms with van der Waals surface area (Å²) >= 11 is 4.62. The van der Waals surface area contributed by atoms with Crippen LogP contribution in [0.5, 0.6) is 5.75 Å². The van der Waals surface area contributed by atoms with E-state index in [2.05, 4.69) is 38.7 Å². The largest absolute Gasteiger partial charge is 0.462 e.